The van der Waals surface area contributed by atoms with Crippen molar-refractivity contribution in [3.05, 3.63) is 59.1 Å². The van der Waals surface area contributed by atoms with E-state index in [1.54, 1.807) is 0 Å². The molecule has 0 unspecified atom stereocenters. The molecule has 3 heteroatoms. The van der Waals surface area contributed by atoms with Crippen LogP contribution in [-0.4, -0.2) is 12.0 Å². The molecule has 2 aromatic carbocycles. The number of halogens is 1. The third-order valence-electron chi connectivity index (χ3n) is 3.51. The number of nitrogens with zero attached hydrogens (tertiary/aromatic N) is 1. The first-order valence-electron chi connectivity index (χ1n) is 6.54. The number of fused-ring (bicyclic) bond motifs is 1. The summed E-state index contributed by atoms with van der Waals surface area (Å²) < 4.78 is 0. The predicted octanol–water partition coefficient (Wildman–Crippen LogP) is 4.91. The molecule has 0 atom stereocenters. The lowest BCUT2D eigenvalue weighted by Crippen LogP contribution is -1.99. The van der Waals surface area contributed by atoms with Crippen LogP contribution in [0.2, 0.25) is 5.02 Å². The van der Waals surface area contributed by atoms with Crippen LogP contribution in [0.3, 0.4) is 0 Å². The summed E-state index contributed by atoms with van der Waals surface area (Å²) in [6.45, 7) is 2.08. The molecule has 0 saturated carbocycles. The summed E-state index contributed by atoms with van der Waals surface area (Å²) in [7, 11) is 1.93. The van der Waals surface area contributed by atoms with E-state index in [4.69, 9.17) is 16.6 Å². The van der Waals surface area contributed by atoms with Crippen molar-refractivity contribution in [3.8, 4) is 11.3 Å². The van der Waals surface area contributed by atoms with Crippen LogP contribution >= 0.6 is 11.6 Å². The van der Waals surface area contributed by atoms with E-state index in [1.807, 2.05) is 43.4 Å². The second kappa shape index (κ2) is 5.14. The lowest BCUT2D eigenvalue weighted by molar-refractivity contribution is 1.31. The van der Waals surface area contributed by atoms with Gasteiger partial charge in [0, 0.05) is 23.7 Å². The van der Waals surface area contributed by atoms with Crippen molar-refractivity contribution < 1.29 is 0 Å². The molecule has 0 fully saturated rings. The molecule has 0 saturated heterocycles. The van der Waals surface area contributed by atoms with E-state index >= 15 is 0 Å². The van der Waals surface area contributed by atoms with Gasteiger partial charge in [0.25, 0.3) is 0 Å². The Kier molecular flexibility index (Phi) is 3.33. The van der Waals surface area contributed by atoms with Crippen molar-refractivity contribution in [1.29, 1.82) is 0 Å². The molecule has 0 aliphatic heterocycles. The molecular weight excluding hydrogens is 268 g/mol. The molecule has 100 valence electrons. The third-order valence-corrected chi connectivity index (χ3v) is 3.81. The Morgan fingerprint density at radius 2 is 1.75 bits per heavy atom. The zero-order valence-corrected chi connectivity index (χ0v) is 12.2. The standard InChI is InChI=1S/C17H15ClN2/c1-11-15(12-7-4-3-5-8-12)20-17-13(16(11)19-2)9-6-10-14(17)18/h3-10H,1-2H3,(H,19,20). The number of hydrogen-bond acceptors (Lipinski definition) is 2. The average Bonchev–Trinajstić information content (AvgIpc) is 2.48. The lowest BCUT2D eigenvalue weighted by Gasteiger charge is -2.15. The van der Waals surface area contributed by atoms with Gasteiger partial charge in [-0.3, -0.25) is 0 Å². The van der Waals surface area contributed by atoms with E-state index in [2.05, 4.69) is 24.4 Å². The minimum Gasteiger partial charge on any atom is -0.387 e. The highest BCUT2D eigenvalue weighted by molar-refractivity contribution is 6.35. The van der Waals surface area contributed by atoms with Crippen molar-refractivity contribution in [2.75, 3.05) is 12.4 Å². The largest absolute Gasteiger partial charge is 0.387 e. The summed E-state index contributed by atoms with van der Waals surface area (Å²) in [4.78, 5) is 4.78. The van der Waals surface area contributed by atoms with Crippen LogP contribution in [0.4, 0.5) is 5.69 Å². The summed E-state index contributed by atoms with van der Waals surface area (Å²) in [6.07, 6.45) is 0. The van der Waals surface area contributed by atoms with E-state index in [0.29, 0.717) is 5.02 Å². The fraction of sp³-hybridized carbons (Fsp3) is 0.118. The maximum absolute atomic E-state index is 6.31. The molecule has 2 nitrogen and oxygen atoms in total. The Morgan fingerprint density at radius 3 is 2.45 bits per heavy atom. The Labute approximate surface area is 123 Å². The quantitative estimate of drug-likeness (QED) is 0.723. The number of pyridine rings is 1. The van der Waals surface area contributed by atoms with Crippen LogP contribution in [0.15, 0.2) is 48.5 Å². The average molecular weight is 283 g/mol. The van der Waals surface area contributed by atoms with Crippen molar-refractivity contribution >= 4 is 28.2 Å². The normalized spacial score (nSPS) is 10.8. The van der Waals surface area contributed by atoms with Crippen LogP contribution in [0.5, 0.6) is 0 Å². The molecule has 0 aliphatic carbocycles. The van der Waals surface area contributed by atoms with Gasteiger partial charge in [-0.15, -0.1) is 0 Å². The Morgan fingerprint density at radius 1 is 1.00 bits per heavy atom. The molecular formula is C17H15ClN2. The van der Waals surface area contributed by atoms with Crippen LogP contribution in [0.1, 0.15) is 5.56 Å². The predicted molar refractivity (Wildman–Crippen MR) is 86.5 cm³/mol. The SMILES string of the molecule is CNc1c(C)c(-c2ccccc2)nc2c(Cl)cccc12. The topological polar surface area (TPSA) is 24.9 Å². The zero-order chi connectivity index (χ0) is 14.1. The second-order valence-electron chi connectivity index (χ2n) is 4.71. The van der Waals surface area contributed by atoms with Crippen LogP contribution in [-0.2, 0) is 0 Å². The molecule has 20 heavy (non-hydrogen) atoms. The smallest absolute Gasteiger partial charge is 0.0916 e. The zero-order valence-electron chi connectivity index (χ0n) is 11.4. The van der Waals surface area contributed by atoms with Crippen LogP contribution in [0.25, 0.3) is 22.2 Å². The van der Waals surface area contributed by atoms with E-state index in [-0.39, 0.29) is 0 Å². The number of anilines is 1. The third kappa shape index (κ3) is 2.02. The number of benzene rings is 2. The highest BCUT2D eigenvalue weighted by Gasteiger charge is 2.13. The van der Waals surface area contributed by atoms with Crippen LogP contribution < -0.4 is 5.32 Å². The molecule has 0 aliphatic rings. The molecule has 0 radical (unpaired) electrons. The Bertz CT molecular complexity index is 767. The number of rotatable bonds is 2. The monoisotopic (exact) mass is 282 g/mol. The summed E-state index contributed by atoms with van der Waals surface area (Å²) in [5.74, 6) is 0. The molecule has 3 aromatic rings. The Balaban J connectivity index is 2.40. The molecule has 0 amide bonds. The molecule has 1 aromatic heterocycles. The van der Waals surface area contributed by atoms with Crippen LogP contribution in [0, 0.1) is 6.92 Å². The van der Waals surface area contributed by atoms with Gasteiger partial charge in [-0.1, -0.05) is 54.1 Å². The second-order valence-corrected chi connectivity index (χ2v) is 5.12. The van der Waals surface area contributed by atoms with E-state index in [9.17, 15) is 0 Å². The van der Waals surface area contributed by atoms with E-state index in [1.165, 1.54) is 0 Å². The fourth-order valence-electron chi connectivity index (χ4n) is 2.55. The van der Waals surface area contributed by atoms with Crippen molar-refractivity contribution in [1.82, 2.24) is 4.98 Å². The number of nitrogens with one attached hydrogen (secondary N) is 1. The maximum Gasteiger partial charge on any atom is 0.0916 e. The summed E-state index contributed by atoms with van der Waals surface area (Å²) in [5.41, 5.74) is 5.12. The van der Waals surface area contributed by atoms with Gasteiger partial charge >= 0.3 is 0 Å². The van der Waals surface area contributed by atoms with Gasteiger partial charge in [0.15, 0.2) is 0 Å². The van der Waals surface area contributed by atoms with Gasteiger partial charge in [0.2, 0.25) is 0 Å². The minimum atomic E-state index is 0.677. The summed E-state index contributed by atoms with van der Waals surface area (Å²) in [6, 6.07) is 16.1. The highest BCUT2D eigenvalue weighted by atomic mass is 35.5. The molecule has 0 bridgehead atoms. The first-order chi connectivity index (χ1) is 9.72. The number of hydrogen-bond donors (Lipinski definition) is 1. The fourth-order valence-corrected chi connectivity index (χ4v) is 2.76. The summed E-state index contributed by atoms with van der Waals surface area (Å²) in [5, 5.41) is 5.01. The van der Waals surface area contributed by atoms with Gasteiger partial charge in [0.05, 0.1) is 16.2 Å². The number of para-hydroxylation sites is 1. The van der Waals surface area contributed by atoms with Gasteiger partial charge in [0.1, 0.15) is 0 Å². The highest BCUT2D eigenvalue weighted by Crippen LogP contribution is 2.35. The molecule has 1 heterocycles. The Hall–Kier alpha value is -2.06. The van der Waals surface area contributed by atoms with Crippen molar-refractivity contribution in [2.45, 2.75) is 6.92 Å². The molecule has 3 rings (SSSR count). The van der Waals surface area contributed by atoms with Gasteiger partial charge in [-0.25, -0.2) is 4.98 Å². The van der Waals surface area contributed by atoms with Gasteiger partial charge < -0.3 is 5.32 Å². The van der Waals surface area contributed by atoms with Crippen molar-refractivity contribution in [3.63, 3.8) is 0 Å². The molecule has 0 spiro atoms. The number of aromatic nitrogens is 1. The molecule has 1 N–H and O–H groups in total. The van der Waals surface area contributed by atoms with Crippen molar-refractivity contribution in [2.24, 2.45) is 0 Å². The first-order valence-corrected chi connectivity index (χ1v) is 6.92. The minimum absolute atomic E-state index is 0.677. The first kappa shape index (κ1) is 12.9. The van der Waals surface area contributed by atoms with Gasteiger partial charge in [-0.05, 0) is 18.6 Å². The van der Waals surface area contributed by atoms with E-state index in [0.717, 1.165) is 33.4 Å². The van der Waals surface area contributed by atoms with E-state index < -0.39 is 0 Å². The summed E-state index contributed by atoms with van der Waals surface area (Å²) >= 11 is 6.31. The lowest BCUT2D eigenvalue weighted by atomic mass is 10.0. The van der Waals surface area contributed by atoms with Gasteiger partial charge in [-0.2, -0.15) is 0 Å². The maximum atomic E-state index is 6.31.